The number of halogens is 1. The molecule has 20 heavy (non-hydrogen) atoms. The number of pyridine rings is 1. The van der Waals surface area contributed by atoms with Gasteiger partial charge in [-0.2, -0.15) is 0 Å². The summed E-state index contributed by atoms with van der Waals surface area (Å²) in [6, 6.07) is 12.5. The molecule has 0 aliphatic heterocycles. The summed E-state index contributed by atoms with van der Waals surface area (Å²) in [6.45, 7) is 1.74. The minimum atomic E-state index is -0.209. The Morgan fingerprint density at radius 2 is 2.00 bits per heavy atom. The lowest BCUT2D eigenvalue weighted by atomic mass is 10.1. The molecular weight excluding hydrogens is 253 g/mol. The van der Waals surface area contributed by atoms with Gasteiger partial charge in [0.15, 0.2) is 0 Å². The zero-order chi connectivity index (χ0) is 14.1. The first kappa shape index (κ1) is 12.4. The van der Waals surface area contributed by atoms with Gasteiger partial charge in [0, 0.05) is 23.0 Å². The summed E-state index contributed by atoms with van der Waals surface area (Å²) in [5, 5.41) is 4.22. The first-order valence-corrected chi connectivity index (χ1v) is 6.31. The number of nitrogens with two attached hydrogens (primary N) is 1. The summed E-state index contributed by atoms with van der Waals surface area (Å²) >= 11 is 0. The van der Waals surface area contributed by atoms with E-state index in [0.29, 0.717) is 11.3 Å². The summed E-state index contributed by atoms with van der Waals surface area (Å²) in [5.74, 6) is -0.209. The molecular formula is C16H14FN3. The lowest BCUT2D eigenvalue weighted by molar-refractivity contribution is 0.619. The highest BCUT2D eigenvalue weighted by Gasteiger charge is 2.05. The summed E-state index contributed by atoms with van der Waals surface area (Å²) in [5.41, 5.74) is 9.66. The van der Waals surface area contributed by atoms with E-state index in [1.807, 2.05) is 24.3 Å². The second-order valence-electron chi connectivity index (χ2n) is 4.69. The molecule has 0 atom stereocenters. The van der Waals surface area contributed by atoms with Crippen molar-refractivity contribution in [3.8, 4) is 0 Å². The van der Waals surface area contributed by atoms with E-state index in [1.54, 1.807) is 25.3 Å². The fourth-order valence-electron chi connectivity index (χ4n) is 2.19. The van der Waals surface area contributed by atoms with Gasteiger partial charge in [-0.3, -0.25) is 4.98 Å². The number of nitrogens with zero attached hydrogens (tertiary/aromatic N) is 1. The molecule has 0 amide bonds. The van der Waals surface area contributed by atoms with Crippen molar-refractivity contribution in [1.82, 2.24) is 4.98 Å². The predicted octanol–water partition coefficient (Wildman–Crippen LogP) is 4.01. The maximum absolute atomic E-state index is 13.3. The Labute approximate surface area is 116 Å². The van der Waals surface area contributed by atoms with E-state index in [1.165, 1.54) is 6.07 Å². The number of aryl methyl sites for hydroxylation is 1. The highest BCUT2D eigenvalue weighted by molar-refractivity contribution is 5.98. The van der Waals surface area contributed by atoms with Crippen LogP contribution in [0, 0.1) is 12.7 Å². The largest absolute Gasteiger partial charge is 0.397 e. The third kappa shape index (κ3) is 2.16. The Balaban J connectivity index is 2.06. The molecule has 0 fully saturated rings. The van der Waals surface area contributed by atoms with Crippen molar-refractivity contribution >= 4 is 28.0 Å². The summed E-state index contributed by atoms with van der Waals surface area (Å²) in [6.07, 6.45) is 1.71. The molecule has 0 saturated carbocycles. The van der Waals surface area contributed by atoms with Crippen molar-refractivity contribution in [2.24, 2.45) is 0 Å². The number of para-hydroxylation sites is 1. The normalized spacial score (nSPS) is 10.7. The first-order valence-electron chi connectivity index (χ1n) is 6.31. The molecule has 0 aliphatic carbocycles. The Kier molecular flexibility index (Phi) is 2.99. The van der Waals surface area contributed by atoms with Crippen molar-refractivity contribution in [3.63, 3.8) is 0 Å². The number of hydrogen-bond acceptors (Lipinski definition) is 3. The monoisotopic (exact) mass is 267 g/mol. The van der Waals surface area contributed by atoms with Crippen LogP contribution in [0.25, 0.3) is 10.9 Å². The van der Waals surface area contributed by atoms with Crippen LogP contribution in [0.2, 0.25) is 0 Å². The molecule has 3 rings (SSSR count). The van der Waals surface area contributed by atoms with E-state index in [0.717, 1.165) is 22.3 Å². The zero-order valence-electron chi connectivity index (χ0n) is 11.0. The third-order valence-corrected chi connectivity index (χ3v) is 3.24. The molecule has 0 aliphatic rings. The molecule has 0 spiro atoms. The molecule has 4 heteroatoms. The highest BCUT2D eigenvalue weighted by Crippen LogP contribution is 2.28. The van der Waals surface area contributed by atoms with Crippen LogP contribution in [0.5, 0.6) is 0 Å². The van der Waals surface area contributed by atoms with Gasteiger partial charge in [0.2, 0.25) is 0 Å². The number of rotatable bonds is 2. The summed E-state index contributed by atoms with van der Waals surface area (Å²) < 4.78 is 13.3. The molecule has 1 aromatic heterocycles. The smallest absolute Gasteiger partial charge is 0.126 e. The second kappa shape index (κ2) is 4.81. The van der Waals surface area contributed by atoms with Crippen molar-refractivity contribution in [1.29, 1.82) is 0 Å². The van der Waals surface area contributed by atoms with Crippen molar-refractivity contribution in [2.45, 2.75) is 6.92 Å². The quantitative estimate of drug-likeness (QED) is 0.690. The van der Waals surface area contributed by atoms with Crippen molar-refractivity contribution in [3.05, 3.63) is 60.0 Å². The molecule has 0 unspecified atom stereocenters. The van der Waals surface area contributed by atoms with E-state index in [9.17, 15) is 4.39 Å². The second-order valence-corrected chi connectivity index (χ2v) is 4.69. The minimum absolute atomic E-state index is 0.209. The minimum Gasteiger partial charge on any atom is -0.397 e. The Bertz CT molecular complexity index is 784. The van der Waals surface area contributed by atoms with Gasteiger partial charge in [0.05, 0.1) is 11.2 Å². The fourth-order valence-corrected chi connectivity index (χ4v) is 2.19. The molecule has 0 bridgehead atoms. The highest BCUT2D eigenvalue weighted by atomic mass is 19.1. The van der Waals surface area contributed by atoms with E-state index in [-0.39, 0.29) is 5.82 Å². The number of nitrogens with one attached hydrogen (secondary N) is 1. The number of nitrogen functional groups attached to an aromatic ring is 1. The molecule has 0 radical (unpaired) electrons. The van der Waals surface area contributed by atoms with Crippen LogP contribution in [0.1, 0.15) is 5.56 Å². The average Bonchev–Trinajstić information content (AvgIpc) is 2.44. The van der Waals surface area contributed by atoms with Crippen LogP contribution in [-0.2, 0) is 0 Å². The molecule has 3 N–H and O–H groups in total. The third-order valence-electron chi connectivity index (χ3n) is 3.24. The van der Waals surface area contributed by atoms with Gasteiger partial charge in [-0.25, -0.2) is 4.39 Å². The van der Waals surface area contributed by atoms with Crippen LogP contribution in [0.15, 0.2) is 48.7 Å². The maximum atomic E-state index is 13.3. The first-order chi connectivity index (χ1) is 9.65. The number of aromatic nitrogens is 1. The van der Waals surface area contributed by atoms with Gasteiger partial charge in [-0.1, -0.05) is 12.1 Å². The van der Waals surface area contributed by atoms with Crippen molar-refractivity contribution < 1.29 is 4.39 Å². The lowest BCUT2D eigenvalue weighted by Crippen LogP contribution is -1.96. The van der Waals surface area contributed by atoms with Gasteiger partial charge in [-0.15, -0.1) is 0 Å². The average molecular weight is 267 g/mol. The van der Waals surface area contributed by atoms with E-state index in [2.05, 4.69) is 10.3 Å². The van der Waals surface area contributed by atoms with Gasteiger partial charge < -0.3 is 11.1 Å². The van der Waals surface area contributed by atoms with Crippen LogP contribution in [0.4, 0.5) is 21.5 Å². The molecule has 2 aromatic carbocycles. The van der Waals surface area contributed by atoms with Gasteiger partial charge >= 0.3 is 0 Å². The van der Waals surface area contributed by atoms with Gasteiger partial charge in [0.25, 0.3) is 0 Å². The molecule has 0 saturated heterocycles. The molecule has 3 aromatic rings. The van der Waals surface area contributed by atoms with Gasteiger partial charge in [0.1, 0.15) is 5.82 Å². The predicted molar refractivity (Wildman–Crippen MR) is 80.6 cm³/mol. The number of benzene rings is 2. The Morgan fingerprint density at radius 3 is 2.80 bits per heavy atom. The van der Waals surface area contributed by atoms with Crippen LogP contribution < -0.4 is 11.1 Å². The number of anilines is 3. The maximum Gasteiger partial charge on any atom is 0.126 e. The topological polar surface area (TPSA) is 50.9 Å². The van der Waals surface area contributed by atoms with Crippen LogP contribution in [-0.4, -0.2) is 4.98 Å². The van der Waals surface area contributed by atoms with E-state index in [4.69, 9.17) is 5.73 Å². The Morgan fingerprint density at radius 1 is 1.15 bits per heavy atom. The van der Waals surface area contributed by atoms with Crippen molar-refractivity contribution in [2.75, 3.05) is 11.1 Å². The number of fused-ring (bicyclic) bond motifs is 1. The molecule has 1 heterocycles. The SMILES string of the molecule is Cc1cc(Nc2ccnc3c(N)cccc23)ccc1F. The van der Waals surface area contributed by atoms with Crippen LogP contribution >= 0.6 is 0 Å². The summed E-state index contributed by atoms with van der Waals surface area (Å²) in [7, 11) is 0. The lowest BCUT2D eigenvalue weighted by Gasteiger charge is -2.11. The zero-order valence-corrected chi connectivity index (χ0v) is 11.0. The van der Waals surface area contributed by atoms with Crippen LogP contribution in [0.3, 0.4) is 0 Å². The summed E-state index contributed by atoms with van der Waals surface area (Å²) in [4.78, 5) is 4.29. The van der Waals surface area contributed by atoms with Gasteiger partial charge in [-0.05, 0) is 42.8 Å². The molecule has 100 valence electrons. The fraction of sp³-hybridized carbons (Fsp3) is 0.0625. The number of hydrogen-bond donors (Lipinski definition) is 2. The molecule has 3 nitrogen and oxygen atoms in total. The van der Waals surface area contributed by atoms with E-state index < -0.39 is 0 Å². The standard InChI is InChI=1S/C16H14FN3/c1-10-9-11(5-6-13(10)17)20-15-7-8-19-16-12(15)3-2-4-14(16)18/h2-9H,18H2,1H3,(H,19,20). The Hall–Kier alpha value is -2.62. The van der Waals surface area contributed by atoms with E-state index >= 15 is 0 Å².